The lowest BCUT2D eigenvalue weighted by molar-refractivity contribution is -0.384. The van der Waals surface area contributed by atoms with Gasteiger partial charge < -0.3 is 9.84 Å². The molecule has 8 heteroatoms. The maximum absolute atomic E-state index is 13.5. The Morgan fingerprint density at radius 3 is 2.78 bits per heavy atom. The summed E-state index contributed by atoms with van der Waals surface area (Å²) < 4.78 is 31.2. The highest BCUT2D eigenvalue weighted by molar-refractivity contribution is 5.62. The van der Waals surface area contributed by atoms with E-state index in [2.05, 4.69) is 10.5 Å². The first-order valence-corrected chi connectivity index (χ1v) is 4.85. The minimum Gasteiger partial charge on any atom is -0.370 e. The highest BCUT2D eigenvalue weighted by atomic mass is 19.2. The van der Waals surface area contributed by atoms with Crippen molar-refractivity contribution in [3.63, 3.8) is 0 Å². The van der Waals surface area contributed by atoms with Gasteiger partial charge in [0, 0.05) is 12.1 Å². The fourth-order valence-electron chi connectivity index (χ4n) is 1.37. The Balaban J connectivity index is 2.30. The summed E-state index contributed by atoms with van der Waals surface area (Å²) in [5.74, 6) is -2.13. The van der Waals surface area contributed by atoms with E-state index in [1.807, 2.05) is 0 Å². The van der Waals surface area contributed by atoms with E-state index in [4.69, 9.17) is 4.52 Å². The third kappa shape index (κ3) is 2.26. The Hall–Kier alpha value is -2.51. The monoisotopic (exact) mass is 255 g/mol. The fraction of sp³-hybridized carbons (Fsp3) is 0.100. The summed E-state index contributed by atoms with van der Waals surface area (Å²) >= 11 is 0. The van der Waals surface area contributed by atoms with Crippen LogP contribution in [0.3, 0.4) is 0 Å². The molecule has 0 bridgehead atoms. The van der Waals surface area contributed by atoms with Crippen molar-refractivity contribution in [1.29, 1.82) is 0 Å². The molecule has 0 spiro atoms. The van der Waals surface area contributed by atoms with Crippen molar-refractivity contribution in [2.75, 3.05) is 5.32 Å². The van der Waals surface area contributed by atoms with Crippen molar-refractivity contribution in [2.45, 2.75) is 6.54 Å². The smallest absolute Gasteiger partial charge is 0.295 e. The summed E-state index contributed by atoms with van der Waals surface area (Å²) in [7, 11) is 0. The van der Waals surface area contributed by atoms with Crippen LogP contribution in [0.4, 0.5) is 20.2 Å². The second-order valence-corrected chi connectivity index (χ2v) is 3.34. The Labute approximate surface area is 99.4 Å². The number of hydrogen-bond acceptors (Lipinski definition) is 5. The van der Waals surface area contributed by atoms with Gasteiger partial charge in [-0.3, -0.25) is 10.1 Å². The van der Waals surface area contributed by atoms with Gasteiger partial charge >= 0.3 is 0 Å². The minimum absolute atomic E-state index is 0.0405. The average Bonchev–Trinajstić information content (AvgIpc) is 2.83. The molecule has 0 saturated carbocycles. The third-order valence-electron chi connectivity index (χ3n) is 2.20. The summed E-state index contributed by atoms with van der Waals surface area (Å²) in [6, 6.07) is 3.09. The normalized spacial score (nSPS) is 10.3. The largest absolute Gasteiger partial charge is 0.370 e. The maximum Gasteiger partial charge on any atom is 0.295 e. The molecule has 94 valence electrons. The van der Waals surface area contributed by atoms with Crippen LogP contribution in [0.5, 0.6) is 0 Å². The molecule has 0 unspecified atom stereocenters. The molecule has 1 aromatic heterocycles. The van der Waals surface area contributed by atoms with Crippen LogP contribution in [0.2, 0.25) is 0 Å². The summed E-state index contributed by atoms with van der Waals surface area (Å²) in [6.45, 7) is -0.0405. The third-order valence-corrected chi connectivity index (χ3v) is 2.20. The van der Waals surface area contributed by atoms with Crippen LogP contribution in [0.1, 0.15) is 5.76 Å². The molecule has 0 amide bonds. The zero-order valence-corrected chi connectivity index (χ0v) is 8.89. The number of nitro groups is 1. The Morgan fingerprint density at radius 1 is 1.39 bits per heavy atom. The number of halogens is 2. The Kier molecular flexibility index (Phi) is 3.18. The molecule has 0 aliphatic carbocycles. The predicted molar refractivity (Wildman–Crippen MR) is 56.8 cm³/mol. The lowest BCUT2D eigenvalue weighted by Gasteiger charge is -2.06. The molecule has 0 atom stereocenters. The van der Waals surface area contributed by atoms with Gasteiger partial charge in [0.05, 0.1) is 17.7 Å². The van der Waals surface area contributed by atoms with Gasteiger partial charge in [0.25, 0.3) is 5.69 Å². The molecule has 0 saturated heterocycles. The van der Waals surface area contributed by atoms with Gasteiger partial charge in [0.1, 0.15) is 0 Å². The van der Waals surface area contributed by atoms with Crippen LogP contribution in [-0.4, -0.2) is 10.1 Å². The van der Waals surface area contributed by atoms with Crippen molar-refractivity contribution >= 4 is 11.4 Å². The summed E-state index contributed by atoms with van der Waals surface area (Å²) in [5, 5.41) is 16.5. The van der Waals surface area contributed by atoms with Gasteiger partial charge in [0.2, 0.25) is 0 Å². The van der Waals surface area contributed by atoms with Gasteiger partial charge in [0.15, 0.2) is 23.1 Å². The van der Waals surface area contributed by atoms with Crippen LogP contribution < -0.4 is 5.32 Å². The Bertz CT molecular complexity index is 572. The number of anilines is 1. The molecule has 2 rings (SSSR count). The number of aromatic nitrogens is 1. The number of rotatable bonds is 4. The standard InChI is InChI=1S/C10H7F2N3O3/c11-7-1-2-8(15(16)17)10(9(7)12)13-5-6-3-4-14-18-6/h1-4,13H,5H2. The van der Waals surface area contributed by atoms with Crippen LogP contribution in [0.25, 0.3) is 0 Å². The van der Waals surface area contributed by atoms with E-state index in [-0.39, 0.29) is 6.54 Å². The van der Waals surface area contributed by atoms with Crippen molar-refractivity contribution in [3.8, 4) is 0 Å². The van der Waals surface area contributed by atoms with E-state index in [9.17, 15) is 18.9 Å². The molecule has 0 aliphatic rings. The lowest BCUT2D eigenvalue weighted by Crippen LogP contribution is -2.05. The number of nitro benzene ring substituents is 1. The summed E-state index contributed by atoms with van der Waals surface area (Å²) in [6.07, 6.45) is 1.37. The number of nitrogens with zero attached hydrogens (tertiary/aromatic N) is 2. The molecule has 18 heavy (non-hydrogen) atoms. The predicted octanol–water partition coefficient (Wildman–Crippen LogP) is 2.47. The van der Waals surface area contributed by atoms with E-state index >= 15 is 0 Å². The fourth-order valence-corrected chi connectivity index (χ4v) is 1.37. The van der Waals surface area contributed by atoms with Crippen LogP contribution in [0, 0.1) is 21.7 Å². The summed E-state index contributed by atoms with van der Waals surface area (Å²) in [4.78, 5) is 9.89. The molecule has 0 aliphatic heterocycles. The van der Waals surface area contributed by atoms with Crippen LogP contribution in [-0.2, 0) is 6.54 Å². The van der Waals surface area contributed by atoms with E-state index in [1.165, 1.54) is 12.3 Å². The molecule has 1 aromatic carbocycles. The quantitative estimate of drug-likeness (QED) is 0.670. The van der Waals surface area contributed by atoms with Crippen molar-refractivity contribution in [3.05, 3.63) is 51.9 Å². The molecular formula is C10H7F2N3O3. The molecule has 2 aromatic rings. The zero-order valence-electron chi connectivity index (χ0n) is 8.89. The topological polar surface area (TPSA) is 81.2 Å². The number of benzene rings is 1. The van der Waals surface area contributed by atoms with Crippen LogP contribution in [0.15, 0.2) is 28.9 Å². The highest BCUT2D eigenvalue weighted by Crippen LogP contribution is 2.29. The van der Waals surface area contributed by atoms with Crippen molar-refractivity contribution in [2.24, 2.45) is 0 Å². The average molecular weight is 255 g/mol. The van der Waals surface area contributed by atoms with Gasteiger partial charge in [-0.25, -0.2) is 8.78 Å². The van der Waals surface area contributed by atoms with E-state index in [0.717, 1.165) is 6.07 Å². The second kappa shape index (κ2) is 4.78. The molecule has 0 fully saturated rings. The van der Waals surface area contributed by atoms with E-state index < -0.39 is 27.9 Å². The van der Waals surface area contributed by atoms with Crippen molar-refractivity contribution < 1.29 is 18.2 Å². The molecule has 1 heterocycles. The number of hydrogen-bond donors (Lipinski definition) is 1. The van der Waals surface area contributed by atoms with Gasteiger partial charge in [-0.15, -0.1) is 0 Å². The zero-order chi connectivity index (χ0) is 13.1. The Morgan fingerprint density at radius 2 is 2.17 bits per heavy atom. The number of nitrogens with one attached hydrogen (secondary N) is 1. The highest BCUT2D eigenvalue weighted by Gasteiger charge is 2.21. The second-order valence-electron chi connectivity index (χ2n) is 3.34. The van der Waals surface area contributed by atoms with Crippen LogP contribution >= 0.6 is 0 Å². The van der Waals surface area contributed by atoms with E-state index in [1.54, 1.807) is 0 Å². The molecule has 6 nitrogen and oxygen atoms in total. The van der Waals surface area contributed by atoms with Gasteiger partial charge in [-0.05, 0) is 6.07 Å². The van der Waals surface area contributed by atoms with Gasteiger partial charge in [-0.2, -0.15) is 0 Å². The van der Waals surface area contributed by atoms with Gasteiger partial charge in [-0.1, -0.05) is 5.16 Å². The van der Waals surface area contributed by atoms with E-state index in [0.29, 0.717) is 11.8 Å². The minimum atomic E-state index is -1.30. The first-order chi connectivity index (χ1) is 8.59. The summed E-state index contributed by atoms with van der Waals surface area (Å²) in [5.41, 5.74) is -1.06. The maximum atomic E-state index is 13.5. The molecule has 0 radical (unpaired) electrons. The lowest BCUT2D eigenvalue weighted by atomic mass is 10.2. The SMILES string of the molecule is O=[N+]([O-])c1ccc(F)c(F)c1NCc1ccno1. The first kappa shape index (κ1) is 12.0. The van der Waals surface area contributed by atoms with Crippen molar-refractivity contribution in [1.82, 2.24) is 5.16 Å². The first-order valence-electron chi connectivity index (χ1n) is 4.85. The molecular weight excluding hydrogens is 248 g/mol. The molecule has 1 N–H and O–H groups in total.